The highest BCUT2D eigenvalue weighted by Crippen LogP contribution is 2.37. The number of benzene rings is 1. The fourth-order valence-corrected chi connectivity index (χ4v) is 15.0. The van der Waals surface area contributed by atoms with Crippen LogP contribution in [0.2, 0.25) is 5.02 Å². The van der Waals surface area contributed by atoms with Crippen LogP contribution in [0.25, 0.3) is 0 Å². The minimum Gasteiger partial charge on any atom is -0.359 e. The van der Waals surface area contributed by atoms with Crippen molar-refractivity contribution in [2.24, 2.45) is 23.7 Å². The second-order valence-corrected chi connectivity index (χ2v) is 29.2. The van der Waals surface area contributed by atoms with Gasteiger partial charge in [0.2, 0.25) is 70.9 Å². The van der Waals surface area contributed by atoms with Gasteiger partial charge in [0.25, 0.3) is 0 Å². The van der Waals surface area contributed by atoms with Gasteiger partial charge in [-0.15, -0.1) is 0 Å². The predicted molar refractivity (Wildman–Crippen MR) is 356 cm³/mol. The number of halogens is 4. The molecule has 10 atom stereocenters. The molecule has 1 aromatic rings. The van der Waals surface area contributed by atoms with Crippen molar-refractivity contribution in [1.82, 2.24) is 60.5 Å². The van der Waals surface area contributed by atoms with Crippen LogP contribution in [0.4, 0.5) is 13.2 Å². The molecule has 25 nitrogen and oxygen atoms in total. The van der Waals surface area contributed by atoms with Gasteiger partial charge in [0, 0.05) is 54.9 Å². The highest BCUT2D eigenvalue weighted by atomic mass is 35.5. The van der Waals surface area contributed by atoms with Crippen LogP contribution >= 0.6 is 11.6 Å². The van der Waals surface area contributed by atoms with Crippen LogP contribution in [0.1, 0.15) is 169 Å². The number of nitrogens with zero attached hydrogens (tertiary/aromatic N) is 8. The molecule has 4 saturated heterocycles. The number of amides is 12. The molecule has 4 aliphatic heterocycles. The molecule has 6 aliphatic rings. The number of carbonyl (C=O) groups is 12. The molecule has 4 N–H and O–H groups in total. The van der Waals surface area contributed by atoms with Crippen LogP contribution < -0.4 is 21.3 Å². The van der Waals surface area contributed by atoms with E-state index < -0.39 is 172 Å². The Hall–Kier alpha value is -7.10. The highest BCUT2D eigenvalue weighted by Gasteiger charge is 2.51. The summed E-state index contributed by atoms with van der Waals surface area (Å²) in [5.74, 6) is -9.43. The van der Waals surface area contributed by atoms with Crippen LogP contribution in [0, 0.1) is 23.7 Å². The van der Waals surface area contributed by atoms with Gasteiger partial charge in [-0.3, -0.25) is 57.5 Å². The standard InChI is InChI=1S/C69H104ClF3N12O13/c1-13-42(6)56-66(96)79(9)43(7)61(91)85-31-27-51(85)65(95)81(11)53(36-44-20-15-14-16-21-44)64(94)78(8)38-54(86)74-48(26-24-45-23-25-46(47(70)35-45)69(71,72)73)63(93)84-30-19-22-50(84)59(89)77-68(28-17-18-29-68)67(97)82(12)57(41(4)5)60(90)75-49(62(92)83-32-33-98-39-83)37-55(87)80(10)52(34-40(2)3)58(88)76-56/h23,25,35,40-44,48-53,56-57H,13-22,24,26-34,36-39H2,1-12H3,(H,74,86)(H,75,90)(H,76,88)(H,77,89)/t42-,43-,48-,49-,50-,51-,52-,53-,56-,57-/m0/s1. The SMILES string of the molecule is CC[C@H](C)[C@@H]1NC(=O)[C@H](CC(C)C)N(C)C(=O)C[C@@H](C(=O)N2CCOC2)NC(=O)[C@H](C(C)C)N(C)C(=O)C2(CCCC2)NC(=O)[C@@H]2CCCN2C(=O)[C@H](CCc2ccc(C(F)(F)F)c(Cl)c2)NC(=O)CN(C)C(=O)[C@H](CC2CCCCC2)N(C)C(=O)[C@@H]2CCN2C(=O)[C@H](C)N(C)C1=O. The average molecular weight is 1400 g/mol. The van der Waals surface area contributed by atoms with Gasteiger partial charge in [-0.1, -0.05) is 111 Å². The van der Waals surface area contributed by atoms with Gasteiger partial charge in [0.1, 0.15) is 66.6 Å². The topological polar surface area (TPSA) is 288 Å². The molecular formula is C69H104ClF3N12O13. The molecule has 29 heteroatoms. The lowest BCUT2D eigenvalue weighted by molar-refractivity contribution is -0.160. The van der Waals surface area contributed by atoms with Crippen molar-refractivity contribution in [2.75, 3.05) is 74.8 Å². The molecule has 12 amide bonds. The fraction of sp³-hybridized carbons (Fsp3) is 0.739. The lowest BCUT2D eigenvalue weighted by atomic mass is 9.84. The number of rotatable bonds is 11. The van der Waals surface area contributed by atoms with Gasteiger partial charge >= 0.3 is 6.18 Å². The first-order valence-corrected chi connectivity index (χ1v) is 35.4. The van der Waals surface area contributed by atoms with Crippen LogP contribution in [-0.2, 0) is 74.9 Å². The normalized spacial score (nSPS) is 27.9. The molecule has 7 rings (SSSR count). The van der Waals surface area contributed by atoms with Crippen molar-refractivity contribution >= 4 is 82.5 Å². The zero-order chi connectivity index (χ0) is 72.4. The summed E-state index contributed by atoms with van der Waals surface area (Å²) in [6.07, 6.45) is 1.31. The van der Waals surface area contributed by atoms with E-state index >= 15 is 9.59 Å². The quantitative estimate of drug-likeness (QED) is 0.238. The van der Waals surface area contributed by atoms with E-state index in [1.807, 2.05) is 20.8 Å². The maximum atomic E-state index is 15.3. The monoisotopic (exact) mass is 1400 g/mol. The maximum Gasteiger partial charge on any atom is 0.417 e. The Morgan fingerprint density at radius 1 is 0.694 bits per heavy atom. The van der Waals surface area contributed by atoms with Gasteiger partial charge < -0.3 is 65.2 Å². The number of likely N-dealkylation sites (N-methyl/N-ethyl adjacent to an activating group) is 5. The third-order valence-electron chi connectivity index (χ3n) is 21.1. The Kier molecular flexibility index (Phi) is 27.0. The van der Waals surface area contributed by atoms with Crippen molar-refractivity contribution in [2.45, 2.75) is 230 Å². The Balaban J connectivity index is 1.27. The van der Waals surface area contributed by atoms with E-state index in [1.54, 1.807) is 20.8 Å². The Morgan fingerprint density at radius 3 is 1.94 bits per heavy atom. The van der Waals surface area contributed by atoms with Gasteiger partial charge in [-0.2, -0.15) is 13.2 Å². The largest absolute Gasteiger partial charge is 0.417 e. The number of carbonyl (C=O) groups excluding carboxylic acids is 12. The van der Waals surface area contributed by atoms with E-state index in [0.717, 1.165) is 49.1 Å². The summed E-state index contributed by atoms with van der Waals surface area (Å²) in [5.41, 5.74) is -2.38. The molecule has 0 radical (unpaired) electrons. The van der Waals surface area contributed by atoms with Crippen molar-refractivity contribution in [3.8, 4) is 0 Å². The summed E-state index contributed by atoms with van der Waals surface area (Å²) in [6, 6.07) is -8.10. The number of fused-ring (bicyclic) bond motifs is 2. The molecular weight excluding hydrogens is 1300 g/mol. The van der Waals surface area contributed by atoms with Crippen molar-refractivity contribution in [1.29, 1.82) is 0 Å². The minimum absolute atomic E-state index is 0.0197. The van der Waals surface area contributed by atoms with Crippen molar-refractivity contribution in [3.05, 3.63) is 34.3 Å². The molecule has 2 saturated carbocycles. The first kappa shape index (κ1) is 78.2. The Bertz CT molecular complexity index is 3100. The van der Waals surface area contributed by atoms with Gasteiger partial charge in [0.15, 0.2) is 0 Å². The van der Waals surface area contributed by atoms with Crippen LogP contribution in [0.15, 0.2) is 18.2 Å². The lowest BCUT2D eigenvalue weighted by Crippen LogP contribution is -2.65. The lowest BCUT2D eigenvalue weighted by Gasteiger charge is -2.45. The van der Waals surface area contributed by atoms with Gasteiger partial charge in [0.05, 0.1) is 30.2 Å². The third-order valence-corrected chi connectivity index (χ3v) is 21.4. The molecule has 4 heterocycles. The van der Waals surface area contributed by atoms with E-state index in [0.29, 0.717) is 31.2 Å². The number of hydrogen-bond donors (Lipinski definition) is 4. The number of ether oxygens (including phenoxy) is 1. The minimum atomic E-state index is -4.76. The van der Waals surface area contributed by atoms with E-state index in [9.17, 15) is 61.1 Å². The van der Waals surface area contributed by atoms with Crippen LogP contribution in [0.5, 0.6) is 0 Å². The molecule has 1 aromatic carbocycles. The van der Waals surface area contributed by atoms with E-state index in [4.69, 9.17) is 16.3 Å². The number of hydrogen-bond acceptors (Lipinski definition) is 13. The molecule has 0 aromatic heterocycles. The number of nitrogens with one attached hydrogen (secondary N) is 4. The van der Waals surface area contributed by atoms with Crippen LogP contribution in [-0.4, -0.2) is 245 Å². The molecule has 546 valence electrons. The summed E-state index contributed by atoms with van der Waals surface area (Å²) in [6.45, 7) is 11.9. The summed E-state index contributed by atoms with van der Waals surface area (Å²) >= 11 is 6.14. The molecule has 1 spiro atoms. The first-order valence-electron chi connectivity index (χ1n) is 35.0. The number of aryl methyl sites for hydroxylation is 1. The second-order valence-electron chi connectivity index (χ2n) is 28.8. The fourth-order valence-electron chi connectivity index (χ4n) is 14.7. The molecule has 2 aliphatic carbocycles. The van der Waals surface area contributed by atoms with E-state index in [2.05, 4.69) is 21.3 Å². The molecule has 0 unspecified atom stereocenters. The first-order chi connectivity index (χ1) is 46.1. The molecule has 6 fully saturated rings. The summed E-state index contributed by atoms with van der Waals surface area (Å²) in [4.78, 5) is 188. The van der Waals surface area contributed by atoms with E-state index in [-0.39, 0.29) is 96.2 Å². The average Bonchev–Trinajstić information content (AvgIpc) is 1.47. The predicted octanol–water partition coefficient (Wildman–Crippen LogP) is 4.49. The number of alkyl halides is 3. The zero-order valence-electron chi connectivity index (χ0n) is 59.1. The summed E-state index contributed by atoms with van der Waals surface area (Å²) in [5, 5.41) is 10.8. The van der Waals surface area contributed by atoms with E-state index in [1.165, 1.54) is 82.5 Å². The highest BCUT2D eigenvalue weighted by molar-refractivity contribution is 6.31. The summed E-state index contributed by atoms with van der Waals surface area (Å²) in [7, 11) is 7.08. The van der Waals surface area contributed by atoms with Gasteiger partial charge in [-0.25, -0.2) is 0 Å². The Morgan fingerprint density at radius 2 is 1.36 bits per heavy atom. The smallest absolute Gasteiger partial charge is 0.359 e. The Labute approximate surface area is 579 Å². The maximum absolute atomic E-state index is 15.3. The van der Waals surface area contributed by atoms with Crippen molar-refractivity contribution < 1.29 is 75.4 Å². The summed E-state index contributed by atoms with van der Waals surface area (Å²) < 4.78 is 47.0. The zero-order valence-corrected chi connectivity index (χ0v) is 59.9. The third kappa shape index (κ3) is 18.5. The molecule has 0 bridgehead atoms. The van der Waals surface area contributed by atoms with Crippen LogP contribution in [0.3, 0.4) is 0 Å². The van der Waals surface area contributed by atoms with Crippen molar-refractivity contribution in [3.63, 3.8) is 0 Å². The molecule has 98 heavy (non-hydrogen) atoms. The van der Waals surface area contributed by atoms with Gasteiger partial charge in [-0.05, 0) is 106 Å². The second kappa shape index (κ2) is 33.8.